The molecule has 0 saturated carbocycles. The molecule has 0 aromatic heterocycles. The van der Waals surface area contributed by atoms with E-state index >= 15 is 0 Å². The van der Waals surface area contributed by atoms with Gasteiger partial charge >= 0.3 is 0 Å². The van der Waals surface area contributed by atoms with Gasteiger partial charge in [-0.15, -0.1) is 0 Å². The van der Waals surface area contributed by atoms with Crippen molar-refractivity contribution in [1.29, 1.82) is 10.8 Å². The topological polar surface area (TPSA) is 97.8 Å². The lowest BCUT2D eigenvalue weighted by Crippen LogP contribution is -2.39. The minimum atomic E-state index is -0.337. The fourth-order valence-electron chi connectivity index (χ4n) is 1.08. The summed E-state index contributed by atoms with van der Waals surface area (Å²) in [6.45, 7) is 1.82. The van der Waals surface area contributed by atoms with E-state index in [1.807, 2.05) is 6.92 Å². The molecule has 6 N–H and O–H groups in total. The average molecular weight is 339 g/mol. The Kier molecular flexibility index (Phi) is 4.62. The molecule has 0 saturated heterocycles. The molecule has 0 aliphatic carbocycles. The van der Waals surface area contributed by atoms with Gasteiger partial charge in [0, 0.05) is 9.50 Å². The summed E-state index contributed by atoms with van der Waals surface area (Å²) in [7, 11) is 0. The molecule has 1 aromatic carbocycles. The maximum absolute atomic E-state index is 7.49. The first kappa shape index (κ1) is 14.1. The van der Waals surface area contributed by atoms with Crippen molar-refractivity contribution in [2.45, 2.75) is 6.92 Å². The van der Waals surface area contributed by atoms with Crippen molar-refractivity contribution in [3.8, 4) is 0 Å². The summed E-state index contributed by atoms with van der Waals surface area (Å²) in [5.74, 6) is -0.498. The lowest BCUT2D eigenvalue weighted by Gasteiger charge is -2.13. The molecule has 0 heterocycles. The largest absolute Gasteiger partial charge is 0.370 e. The normalized spacial score (nSPS) is 9.88. The summed E-state index contributed by atoms with van der Waals surface area (Å²) in [6.07, 6.45) is 0. The van der Waals surface area contributed by atoms with E-state index in [-0.39, 0.29) is 11.9 Å². The Bertz CT molecular complexity index is 489. The molecule has 0 bridgehead atoms. The van der Waals surface area contributed by atoms with Crippen LogP contribution in [0, 0.1) is 17.7 Å². The van der Waals surface area contributed by atoms with Crippen LogP contribution in [0.3, 0.4) is 0 Å². The number of nitrogens with two attached hydrogens (primary N) is 1. The summed E-state index contributed by atoms with van der Waals surface area (Å²) in [4.78, 5) is 0. The molecule has 17 heavy (non-hydrogen) atoms. The predicted octanol–water partition coefficient (Wildman–Crippen LogP) is 2.89. The smallest absolute Gasteiger partial charge is 0.199 e. The Morgan fingerprint density at radius 1 is 1.41 bits per heavy atom. The zero-order chi connectivity index (χ0) is 13.2. The van der Waals surface area contributed by atoms with Crippen molar-refractivity contribution in [3.63, 3.8) is 0 Å². The van der Waals surface area contributed by atoms with Crippen molar-refractivity contribution in [3.05, 3.63) is 26.1 Å². The number of nitrogens with one attached hydrogen (secondary N) is 4. The summed E-state index contributed by atoms with van der Waals surface area (Å²) < 4.78 is 0.657. The van der Waals surface area contributed by atoms with Gasteiger partial charge in [0.1, 0.15) is 0 Å². The number of anilines is 1. The number of hydrogen-bond donors (Lipinski definition) is 5. The molecular formula is C9H10BrCl2N5. The van der Waals surface area contributed by atoms with Crippen LogP contribution in [0.4, 0.5) is 5.69 Å². The van der Waals surface area contributed by atoms with Crippen LogP contribution in [-0.4, -0.2) is 11.9 Å². The van der Waals surface area contributed by atoms with Gasteiger partial charge in [-0.1, -0.05) is 23.2 Å². The molecular weight excluding hydrogens is 329 g/mol. The fraction of sp³-hybridized carbons (Fsp3) is 0.111. The average Bonchev–Trinajstić information content (AvgIpc) is 2.21. The van der Waals surface area contributed by atoms with Gasteiger partial charge in [0.2, 0.25) is 0 Å². The molecule has 1 aromatic rings. The monoisotopic (exact) mass is 337 g/mol. The molecule has 0 aliphatic rings. The minimum absolute atomic E-state index is 0.161. The second-order valence-corrected chi connectivity index (χ2v) is 4.78. The Balaban J connectivity index is 3.00. The van der Waals surface area contributed by atoms with Crippen LogP contribution in [0.15, 0.2) is 10.5 Å². The van der Waals surface area contributed by atoms with Crippen LogP contribution in [0.1, 0.15) is 5.56 Å². The lowest BCUT2D eigenvalue weighted by molar-refractivity contribution is 1.20. The first-order valence-electron chi connectivity index (χ1n) is 4.43. The van der Waals surface area contributed by atoms with Gasteiger partial charge in [0.05, 0.1) is 10.7 Å². The maximum Gasteiger partial charge on any atom is 0.199 e. The number of halogens is 3. The van der Waals surface area contributed by atoms with E-state index in [4.69, 9.17) is 39.8 Å². The quantitative estimate of drug-likeness (QED) is 0.309. The Labute approximate surface area is 117 Å². The van der Waals surface area contributed by atoms with Gasteiger partial charge in [-0.05, 0) is 34.5 Å². The highest BCUT2D eigenvalue weighted by Crippen LogP contribution is 2.37. The molecule has 0 unspecified atom stereocenters. The zero-order valence-corrected chi connectivity index (χ0v) is 11.9. The summed E-state index contributed by atoms with van der Waals surface area (Å²) in [5.41, 5.74) is 6.36. The van der Waals surface area contributed by atoms with Crippen molar-refractivity contribution >= 4 is 56.7 Å². The van der Waals surface area contributed by atoms with Crippen molar-refractivity contribution in [2.75, 3.05) is 5.32 Å². The zero-order valence-electron chi connectivity index (χ0n) is 8.79. The van der Waals surface area contributed by atoms with E-state index in [9.17, 15) is 0 Å². The highest BCUT2D eigenvalue weighted by atomic mass is 79.9. The highest BCUT2D eigenvalue weighted by molar-refractivity contribution is 9.10. The number of hydrogen-bond acceptors (Lipinski definition) is 2. The lowest BCUT2D eigenvalue weighted by atomic mass is 10.2. The molecule has 8 heteroatoms. The molecule has 0 amide bonds. The summed E-state index contributed by atoms with van der Waals surface area (Å²) in [5, 5.41) is 20.3. The van der Waals surface area contributed by atoms with E-state index in [0.717, 1.165) is 5.56 Å². The third-order valence-electron chi connectivity index (χ3n) is 1.91. The van der Waals surface area contributed by atoms with E-state index in [0.29, 0.717) is 20.2 Å². The molecule has 0 radical (unpaired) electrons. The Morgan fingerprint density at radius 3 is 2.53 bits per heavy atom. The second-order valence-electron chi connectivity index (χ2n) is 3.20. The van der Waals surface area contributed by atoms with Crippen LogP contribution in [0.2, 0.25) is 10.0 Å². The van der Waals surface area contributed by atoms with Gasteiger partial charge in [-0.3, -0.25) is 16.1 Å². The van der Waals surface area contributed by atoms with Crippen LogP contribution in [0.25, 0.3) is 0 Å². The van der Waals surface area contributed by atoms with Gasteiger partial charge < -0.3 is 11.1 Å². The minimum Gasteiger partial charge on any atom is -0.370 e. The first-order valence-corrected chi connectivity index (χ1v) is 5.98. The van der Waals surface area contributed by atoms with Gasteiger partial charge in [-0.25, -0.2) is 0 Å². The molecule has 0 aliphatic heterocycles. The van der Waals surface area contributed by atoms with Crippen molar-refractivity contribution < 1.29 is 0 Å². The van der Waals surface area contributed by atoms with Crippen LogP contribution in [-0.2, 0) is 0 Å². The van der Waals surface area contributed by atoms with Crippen LogP contribution < -0.4 is 16.4 Å². The van der Waals surface area contributed by atoms with Crippen molar-refractivity contribution in [2.24, 2.45) is 5.73 Å². The molecule has 0 fully saturated rings. The molecule has 0 atom stereocenters. The number of benzene rings is 1. The van der Waals surface area contributed by atoms with E-state index in [2.05, 4.69) is 26.6 Å². The second kappa shape index (κ2) is 5.57. The van der Waals surface area contributed by atoms with Gasteiger partial charge in [-0.2, -0.15) is 0 Å². The first-order chi connectivity index (χ1) is 7.82. The molecule has 0 spiro atoms. The SMILES string of the molecule is Cc1c(Cl)cc(NC(=N)NC(=N)N)c(Cl)c1Br. The third-order valence-corrected chi connectivity index (χ3v) is 3.91. The molecule has 1 rings (SSSR count). The Hall–Kier alpha value is -0.980. The number of guanidine groups is 2. The van der Waals surface area contributed by atoms with Crippen molar-refractivity contribution in [1.82, 2.24) is 5.32 Å². The molecule has 5 nitrogen and oxygen atoms in total. The van der Waals surface area contributed by atoms with E-state index in [1.54, 1.807) is 6.07 Å². The highest BCUT2D eigenvalue weighted by Gasteiger charge is 2.12. The summed E-state index contributed by atoms with van der Waals surface area (Å²) >= 11 is 15.4. The predicted molar refractivity (Wildman–Crippen MR) is 75.3 cm³/mol. The number of rotatable bonds is 1. The van der Waals surface area contributed by atoms with Gasteiger partial charge in [0.25, 0.3) is 0 Å². The maximum atomic E-state index is 7.49. The fourth-order valence-corrected chi connectivity index (χ4v) is 2.07. The van der Waals surface area contributed by atoms with E-state index < -0.39 is 0 Å². The van der Waals surface area contributed by atoms with E-state index in [1.165, 1.54) is 0 Å². The standard InChI is InChI=1S/C9H10BrCl2N5/c1-3-4(11)2-5(7(12)6(3)10)16-9(15)17-8(13)14/h2H,1H3,(H6,13,14,15,16,17). The van der Waals surface area contributed by atoms with Gasteiger partial charge in [0.15, 0.2) is 11.9 Å². The molecule has 92 valence electrons. The Morgan fingerprint density at radius 2 is 2.00 bits per heavy atom. The van der Waals surface area contributed by atoms with Crippen LogP contribution in [0.5, 0.6) is 0 Å². The summed E-state index contributed by atoms with van der Waals surface area (Å²) in [6, 6.07) is 1.60. The van der Waals surface area contributed by atoms with Crippen LogP contribution >= 0.6 is 39.1 Å². The third kappa shape index (κ3) is 3.49.